The van der Waals surface area contributed by atoms with E-state index in [1.165, 1.54) is 21.7 Å². The molecule has 0 N–H and O–H groups in total. The molecule has 9 aromatic carbocycles. The largest absolute Gasteiger partial charge is 0.455 e. The minimum absolute atomic E-state index is 0.606. The third-order valence-corrected chi connectivity index (χ3v) is 10.7. The molecule has 0 radical (unpaired) electrons. The van der Waals surface area contributed by atoms with E-state index in [-0.39, 0.29) is 0 Å². The van der Waals surface area contributed by atoms with Crippen LogP contribution in [-0.4, -0.2) is 15.0 Å². The third-order valence-electron chi connectivity index (χ3n) is 10.7. The molecule has 0 aliphatic carbocycles. The van der Waals surface area contributed by atoms with Gasteiger partial charge in [0.25, 0.3) is 0 Å². The van der Waals surface area contributed by atoms with E-state index in [0.29, 0.717) is 17.5 Å². The Morgan fingerprint density at radius 2 is 0.873 bits per heavy atom. The monoisotopic (exact) mass is 701 g/mol. The molecular formula is C51H31N3O. The van der Waals surface area contributed by atoms with Crippen LogP contribution < -0.4 is 0 Å². The molecule has 11 rings (SSSR count). The van der Waals surface area contributed by atoms with Gasteiger partial charge in [-0.25, -0.2) is 15.0 Å². The molecule has 0 amide bonds. The van der Waals surface area contributed by atoms with E-state index in [9.17, 15) is 0 Å². The summed E-state index contributed by atoms with van der Waals surface area (Å²) in [5, 5.41) is 8.87. The van der Waals surface area contributed by atoms with Crippen molar-refractivity contribution in [3.05, 3.63) is 188 Å². The Kier molecular flexibility index (Phi) is 7.14. The van der Waals surface area contributed by atoms with Gasteiger partial charge in [0.05, 0.1) is 0 Å². The zero-order valence-corrected chi connectivity index (χ0v) is 29.6. The lowest BCUT2D eigenvalue weighted by Gasteiger charge is -2.14. The molecule has 2 aromatic heterocycles. The topological polar surface area (TPSA) is 51.8 Å². The van der Waals surface area contributed by atoms with E-state index >= 15 is 0 Å². The summed E-state index contributed by atoms with van der Waals surface area (Å²) in [5.41, 5.74) is 8.98. The summed E-state index contributed by atoms with van der Waals surface area (Å²) in [6.07, 6.45) is 0. The lowest BCUT2D eigenvalue weighted by atomic mass is 9.93. The summed E-state index contributed by atoms with van der Waals surface area (Å²) in [5.74, 6) is 1.84. The molecule has 0 aliphatic rings. The zero-order valence-electron chi connectivity index (χ0n) is 29.6. The second kappa shape index (κ2) is 12.6. The molecule has 55 heavy (non-hydrogen) atoms. The van der Waals surface area contributed by atoms with Gasteiger partial charge in [0.1, 0.15) is 11.2 Å². The molecule has 0 fully saturated rings. The average Bonchev–Trinajstić information content (AvgIpc) is 3.64. The van der Waals surface area contributed by atoms with Gasteiger partial charge in [-0.2, -0.15) is 0 Å². The molecule has 2 heterocycles. The first-order valence-electron chi connectivity index (χ1n) is 18.5. The van der Waals surface area contributed by atoms with Crippen LogP contribution in [0, 0.1) is 0 Å². The standard InChI is InChI=1S/C51H31N3O/c1-2-13-35(14-3-1)41-18-10-19-43-45(31-44-42-17-8-9-20-46(42)55-48(44)47(41)43)51-53-49(52-50(54-51)40-28-24-33-12-5-7-16-38(33)30-40)36-25-21-34(22-26-36)39-27-23-32-11-4-6-15-37(32)29-39/h1-31H. The first kappa shape index (κ1) is 31.1. The van der Waals surface area contributed by atoms with Crippen molar-refractivity contribution < 1.29 is 4.42 Å². The molecular weight excluding hydrogens is 671 g/mol. The number of hydrogen-bond acceptors (Lipinski definition) is 4. The normalized spacial score (nSPS) is 11.6. The highest BCUT2D eigenvalue weighted by Gasteiger charge is 2.21. The van der Waals surface area contributed by atoms with Gasteiger partial charge in [-0.05, 0) is 73.5 Å². The number of fused-ring (bicyclic) bond motifs is 7. The Morgan fingerprint density at radius 1 is 0.309 bits per heavy atom. The maximum Gasteiger partial charge on any atom is 0.164 e. The molecule has 0 atom stereocenters. The molecule has 0 aliphatic heterocycles. The van der Waals surface area contributed by atoms with Crippen LogP contribution in [-0.2, 0) is 0 Å². The van der Waals surface area contributed by atoms with E-state index < -0.39 is 0 Å². The van der Waals surface area contributed by atoms with Crippen LogP contribution in [0.1, 0.15) is 0 Å². The van der Waals surface area contributed by atoms with Crippen LogP contribution in [0.15, 0.2) is 192 Å². The maximum absolute atomic E-state index is 6.66. The molecule has 256 valence electrons. The summed E-state index contributed by atoms with van der Waals surface area (Å²) in [7, 11) is 0. The van der Waals surface area contributed by atoms with E-state index in [4.69, 9.17) is 19.4 Å². The fourth-order valence-electron chi connectivity index (χ4n) is 7.94. The predicted octanol–water partition coefficient (Wildman–Crippen LogP) is 13.6. The van der Waals surface area contributed by atoms with Crippen molar-refractivity contribution in [2.24, 2.45) is 0 Å². The highest BCUT2D eigenvalue weighted by molar-refractivity contribution is 6.22. The molecule has 4 heteroatoms. The Hall–Kier alpha value is -7.43. The van der Waals surface area contributed by atoms with Crippen LogP contribution >= 0.6 is 0 Å². The number of benzene rings is 9. The van der Waals surface area contributed by atoms with Crippen LogP contribution in [0.4, 0.5) is 0 Å². The van der Waals surface area contributed by atoms with Gasteiger partial charge in [0.15, 0.2) is 17.5 Å². The maximum atomic E-state index is 6.66. The molecule has 0 saturated heterocycles. The summed E-state index contributed by atoms with van der Waals surface area (Å²) < 4.78 is 6.66. The second-order valence-corrected chi connectivity index (χ2v) is 14.0. The lowest BCUT2D eigenvalue weighted by molar-refractivity contribution is 0.673. The first-order chi connectivity index (χ1) is 27.2. The highest BCUT2D eigenvalue weighted by atomic mass is 16.3. The second-order valence-electron chi connectivity index (χ2n) is 14.0. The molecule has 0 saturated carbocycles. The van der Waals surface area contributed by atoms with Crippen LogP contribution in [0.25, 0.3) is 111 Å². The molecule has 4 nitrogen and oxygen atoms in total. The summed E-state index contributed by atoms with van der Waals surface area (Å²) in [4.78, 5) is 15.7. The Bertz CT molecular complexity index is 3260. The molecule has 11 aromatic rings. The number of rotatable bonds is 5. The Balaban J connectivity index is 1.15. The van der Waals surface area contributed by atoms with Crippen molar-refractivity contribution in [2.75, 3.05) is 0 Å². The number of furan rings is 1. The Labute approximate surface area is 317 Å². The highest BCUT2D eigenvalue weighted by Crippen LogP contribution is 2.43. The summed E-state index contributed by atoms with van der Waals surface area (Å²) in [6, 6.07) is 65.8. The average molecular weight is 702 g/mol. The van der Waals surface area contributed by atoms with Gasteiger partial charge >= 0.3 is 0 Å². The first-order valence-corrected chi connectivity index (χ1v) is 18.5. The van der Waals surface area contributed by atoms with E-state index in [1.807, 2.05) is 18.2 Å². The van der Waals surface area contributed by atoms with E-state index in [1.54, 1.807) is 0 Å². The Morgan fingerprint density at radius 3 is 1.64 bits per heavy atom. The van der Waals surface area contributed by atoms with E-state index in [2.05, 4.69) is 170 Å². The summed E-state index contributed by atoms with van der Waals surface area (Å²) >= 11 is 0. The zero-order chi connectivity index (χ0) is 36.3. The number of hydrogen-bond donors (Lipinski definition) is 0. The van der Waals surface area contributed by atoms with Crippen molar-refractivity contribution in [1.82, 2.24) is 15.0 Å². The van der Waals surface area contributed by atoms with E-state index in [0.717, 1.165) is 71.5 Å². The number of nitrogens with zero attached hydrogens (tertiary/aromatic N) is 3. The van der Waals surface area contributed by atoms with Gasteiger partial charge < -0.3 is 4.42 Å². The molecule has 0 spiro atoms. The van der Waals surface area contributed by atoms with Gasteiger partial charge in [-0.3, -0.25) is 0 Å². The fourth-order valence-corrected chi connectivity index (χ4v) is 7.94. The third kappa shape index (κ3) is 5.34. The van der Waals surface area contributed by atoms with Crippen molar-refractivity contribution in [3.63, 3.8) is 0 Å². The lowest BCUT2D eigenvalue weighted by Crippen LogP contribution is -2.01. The van der Waals surface area contributed by atoms with Gasteiger partial charge in [0.2, 0.25) is 0 Å². The van der Waals surface area contributed by atoms with Crippen molar-refractivity contribution in [3.8, 4) is 56.4 Å². The fraction of sp³-hybridized carbons (Fsp3) is 0. The summed E-state index contributed by atoms with van der Waals surface area (Å²) in [6.45, 7) is 0. The SMILES string of the molecule is c1ccc(-c2cccc3c(-c4nc(-c5ccc(-c6ccc7ccccc7c6)cc5)nc(-c5ccc6ccccc6c5)n4)cc4c5ccccc5oc4c23)cc1. The van der Waals surface area contributed by atoms with Crippen LogP contribution in [0.3, 0.4) is 0 Å². The van der Waals surface area contributed by atoms with Crippen molar-refractivity contribution >= 4 is 54.3 Å². The van der Waals surface area contributed by atoms with Crippen molar-refractivity contribution in [1.29, 1.82) is 0 Å². The van der Waals surface area contributed by atoms with Crippen LogP contribution in [0.5, 0.6) is 0 Å². The van der Waals surface area contributed by atoms with Gasteiger partial charge in [0, 0.05) is 32.8 Å². The number of aromatic nitrogens is 3. The quantitative estimate of drug-likeness (QED) is 0.179. The van der Waals surface area contributed by atoms with Crippen LogP contribution in [0.2, 0.25) is 0 Å². The van der Waals surface area contributed by atoms with Gasteiger partial charge in [-0.15, -0.1) is 0 Å². The minimum Gasteiger partial charge on any atom is -0.455 e. The smallest absolute Gasteiger partial charge is 0.164 e. The van der Waals surface area contributed by atoms with Gasteiger partial charge in [-0.1, -0.05) is 164 Å². The number of para-hydroxylation sites is 1. The van der Waals surface area contributed by atoms with Crippen molar-refractivity contribution in [2.45, 2.75) is 0 Å². The minimum atomic E-state index is 0.606. The predicted molar refractivity (Wildman–Crippen MR) is 227 cm³/mol. The molecule has 0 unspecified atom stereocenters. The molecule has 0 bridgehead atoms.